The summed E-state index contributed by atoms with van der Waals surface area (Å²) >= 11 is 0. The van der Waals surface area contributed by atoms with Gasteiger partial charge in [0.25, 0.3) is 0 Å². The van der Waals surface area contributed by atoms with Crippen LogP contribution in [0.3, 0.4) is 0 Å². The van der Waals surface area contributed by atoms with E-state index in [1.807, 2.05) is 34.6 Å². The predicted molar refractivity (Wildman–Crippen MR) is 143 cm³/mol. The summed E-state index contributed by atoms with van der Waals surface area (Å²) in [4.78, 5) is 49.5. The highest BCUT2D eigenvalue weighted by Crippen LogP contribution is 2.72. The molecule has 8 heteroatoms. The summed E-state index contributed by atoms with van der Waals surface area (Å²) in [5.41, 5.74) is -6.76. The van der Waals surface area contributed by atoms with Gasteiger partial charge in [0.2, 0.25) is 0 Å². The van der Waals surface area contributed by atoms with Crippen molar-refractivity contribution in [3.8, 4) is 0 Å². The predicted octanol–water partition coefficient (Wildman–Crippen LogP) is 3.41. The van der Waals surface area contributed by atoms with E-state index in [4.69, 9.17) is 4.74 Å². The van der Waals surface area contributed by atoms with Gasteiger partial charge in [0.15, 0.2) is 18.9 Å². The van der Waals surface area contributed by atoms with Gasteiger partial charge in [-0.05, 0) is 107 Å². The minimum absolute atomic E-state index is 0.00377. The third-order valence-electron chi connectivity index (χ3n) is 11.8. The molecular formula is C31H48O8. The van der Waals surface area contributed by atoms with Crippen molar-refractivity contribution in [3.05, 3.63) is 0 Å². The Balaban J connectivity index is 1.68. The molecule has 0 bridgehead atoms. The highest BCUT2D eigenvalue weighted by molar-refractivity contribution is 5.70. The van der Waals surface area contributed by atoms with Gasteiger partial charge in [0.05, 0.1) is 0 Å². The first kappa shape index (κ1) is 30.3. The van der Waals surface area contributed by atoms with E-state index < -0.39 is 39.2 Å². The molecule has 0 heterocycles. The molecule has 0 aliphatic heterocycles. The van der Waals surface area contributed by atoms with Crippen molar-refractivity contribution in [2.45, 2.75) is 122 Å². The van der Waals surface area contributed by atoms with E-state index in [1.165, 1.54) is 0 Å². The van der Waals surface area contributed by atoms with Crippen LogP contribution in [0.5, 0.6) is 0 Å². The van der Waals surface area contributed by atoms with Crippen LogP contribution in [0.15, 0.2) is 0 Å². The fourth-order valence-electron chi connectivity index (χ4n) is 9.73. The molecule has 0 saturated heterocycles. The smallest absolute Gasteiger partial charge is 0.306 e. The Labute approximate surface area is 232 Å². The third kappa shape index (κ3) is 4.72. The first-order chi connectivity index (χ1) is 17.9. The highest BCUT2D eigenvalue weighted by Gasteiger charge is 2.73. The third-order valence-corrected chi connectivity index (χ3v) is 11.8. The second-order valence-corrected chi connectivity index (χ2v) is 15.0. The van der Waals surface area contributed by atoms with E-state index in [0.29, 0.717) is 38.1 Å². The molecule has 4 fully saturated rings. The van der Waals surface area contributed by atoms with Crippen molar-refractivity contribution in [2.75, 3.05) is 0 Å². The fraction of sp³-hybridized carbons (Fsp3) is 0.871. The number of esters is 1. The van der Waals surface area contributed by atoms with Crippen LogP contribution >= 0.6 is 0 Å². The Morgan fingerprint density at radius 3 is 2.18 bits per heavy atom. The number of aliphatic hydroxyl groups is 3. The number of ether oxygens (including phenoxy) is 1. The first-order valence-electron chi connectivity index (χ1n) is 14.7. The summed E-state index contributed by atoms with van der Waals surface area (Å²) in [6.45, 7) is 11.5. The summed E-state index contributed by atoms with van der Waals surface area (Å²) in [6, 6.07) is 0. The van der Waals surface area contributed by atoms with Gasteiger partial charge in [-0.25, -0.2) is 0 Å². The molecule has 11 unspecified atom stereocenters. The van der Waals surface area contributed by atoms with Gasteiger partial charge in [-0.1, -0.05) is 20.8 Å². The largest absolute Gasteiger partial charge is 0.460 e. The lowest BCUT2D eigenvalue weighted by atomic mass is 9.38. The van der Waals surface area contributed by atoms with Gasteiger partial charge in [-0.3, -0.25) is 4.79 Å². The molecular weight excluding hydrogens is 500 g/mol. The molecule has 0 aromatic rings. The van der Waals surface area contributed by atoms with Gasteiger partial charge >= 0.3 is 5.97 Å². The van der Waals surface area contributed by atoms with Crippen LogP contribution in [0.4, 0.5) is 0 Å². The SMILES string of the molecule is CC(CCC(=O)OC(C)(C)C)C1CCC2C3C(CC(O)(C=O)C12C)C1(C)CCC(O)(C=O)CC1CC3(O)C=O. The molecule has 0 amide bonds. The van der Waals surface area contributed by atoms with Gasteiger partial charge in [0, 0.05) is 17.8 Å². The molecule has 3 N–H and O–H groups in total. The number of hydrogen-bond donors (Lipinski definition) is 3. The lowest BCUT2D eigenvalue weighted by molar-refractivity contribution is -0.256. The topological polar surface area (TPSA) is 138 Å². The number of rotatable bonds is 7. The molecule has 4 aliphatic rings. The van der Waals surface area contributed by atoms with E-state index in [9.17, 15) is 34.5 Å². The van der Waals surface area contributed by atoms with Crippen LogP contribution in [0.2, 0.25) is 0 Å². The van der Waals surface area contributed by atoms with Crippen molar-refractivity contribution >= 4 is 24.8 Å². The molecule has 0 radical (unpaired) electrons. The molecule has 0 aromatic heterocycles. The van der Waals surface area contributed by atoms with Crippen LogP contribution in [-0.2, 0) is 23.9 Å². The first-order valence-corrected chi connectivity index (χ1v) is 14.7. The van der Waals surface area contributed by atoms with Gasteiger partial charge in [-0.2, -0.15) is 0 Å². The van der Waals surface area contributed by atoms with E-state index in [2.05, 4.69) is 6.92 Å². The average molecular weight is 549 g/mol. The van der Waals surface area contributed by atoms with E-state index in [1.54, 1.807) is 0 Å². The monoisotopic (exact) mass is 548 g/mol. The normalized spacial score (nSPS) is 48.2. The molecule has 8 nitrogen and oxygen atoms in total. The van der Waals surface area contributed by atoms with Crippen LogP contribution in [0.25, 0.3) is 0 Å². The van der Waals surface area contributed by atoms with E-state index in [-0.39, 0.29) is 67.7 Å². The summed E-state index contributed by atoms with van der Waals surface area (Å²) in [5.74, 6) is -1.72. The standard InChI is InChI=1S/C31H48O8/c1-19(7-10-24(35)39-26(2,3)4)21-8-9-22-25-23(15-31(38,18-34)28(21,22)6)27(5)11-12-29(36,16-32)13-20(27)14-30(25,37)17-33/h16-23,25,36-38H,7-15H2,1-6H3. The number of fused-ring (bicyclic) bond motifs is 5. The van der Waals surface area contributed by atoms with Gasteiger partial charge in [-0.15, -0.1) is 0 Å². The van der Waals surface area contributed by atoms with Crippen molar-refractivity contribution in [3.63, 3.8) is 0 Å². The van der Waals surface area contributed by atoms with Crippen LogP contribution in [0.1, 0.15) is 99.3 Å². The summed E-state index contributed by atoms with van der Waals surface area (Å²) < 4.78 is 5.49. The molecule has 11 atom stereocenters. The molecule has 4 rings (SSSR count). The number of aldehydes is 3. The Morgan fingerprint density at radius 1 is 0.949 bits per heavy atom. The zero-order valence-electron chi connectivity index (χ0n) is 24.4. The van der Waals surface area contributed by atoms with Crippen molar-refractivity contribution in [1.29, 1.82) is 0 Å². The Bertz CT molecular complexity index is 1010. The number of hydrogen-bond acceptors (Lipinski definition) is 8. The maximum Gasteiger partial charge on any atom is 0.306 e. The fourth-order valence-corrected chi connectivity index (χ4v) is 9.73. The molecule has 0 aromatic carbocycles. The molecule has 4 aliphatic carbocycles. The summed E-state index contributed by atoms with van der Waals surface area (Å²) in [7, 11) is 0. The van der Waals surface area contributed by atoms with Crippen LogP contribution in [0, 0.1) is 46.3 Å². The Kier molecular flexibility index (Phi) is 7.56. The summed E-state index contributed by atoms with van der Waals surface area (Å²) in [6.07, 6.45) is 5.23. The summed E-state index contributed by atoms with van der Waals surface area (Å²) in [5, 5.41) is 34.9. The number of carbonyl (C=O) groups is 4. The molecule has 39 heavy (non-hydrogen) atoms. The molecule has 220 valence electrons. The quantitative estimate of drug-likeness (QED) is 0.325. The average Bonchev–Trinajstić information content (AvgIpc) is 3.22. The second kappa shape index (κ2) is 9.73. The van der Waals surface area contributed by atoms with Crippen molar-refractivity contribution < 1.29 is 39.2 Å². The van der Waals surface area contributed by atoms with E-state index >= 15 is 0 Å². The zero-order valence-corrected chi connectivity index (χ0v) is 24.4. The Morgan fingerprint density at radius 2 is 1.62 bits per heavy atom. The Hall–Kier alpha value is -1.64. The van der Waals surface area contributed by atoms with Crippen LogP contribution in [-0.4, -0.2) is 62.6 Å². The minimum Gasteiger partial charge on any atom is -0.460 e. The lowest BCUT2D eigenvalue weighted by Gasteiger charge is -2.67. The van der Waals surface area contributed by atoms with Gasteiger partial charge in [0.1, 0.15) is 22.4 Å². The van der Waals surface area contributed by atoms with Crippen molar-refractivity contribution in [1.82, 2.24) is 0 Å². The van der Waals surface area contributed by atoms with Crippen molar-refractivity contribution in [2.24, 2.45) is 46.3 Å². The maximum atomic E-state index is 12.8. The minimum atomic E-state index is -1.68. The number of carbonyl (C=O) groups excluding carboxylic acids is 4. The molecule has 0 spiro atoms. The van der Waals surface area contributed by atoms with E-state index in [0.717, 1.165) is 6.42 Å². The maximum absolute atomic E-state index is 12.8. The lowest BCUT2D eigenvalue weighted by Crippen LogP contribution is -2.71. The van der Waals surface area contributed by atoms with Gasteiger partial charge < -0.3 is 34.4 Å². The highest BCUT2D eigenvalue weighted by atomic mass is 16.6. The molecule has 4 saturated carbocycles. The zero-order chi connectivity index (χ0) is 29.2. The second-order valence-electron chi connectivity index (χ2n) is 15.0. The van der Waals surface area contributed by atoms with Crippen LogP contribution < -0.4 is 0 Å².